The maximum Gasteiger partial charge on any atom is 0.407 e. The van der Waals surface area contributed by atoms with Crippen molar-refractivity contribution < 1.29 is 24.5 Å². The normalized spacial score (nSPS) is 23.1. The van der Waals surface area contributed by atoms with E-state index in [1.165, 1.54) is 24.2 Å². The van der Waals surface area contributed by atoms with Gasteiger partial charge < -0.3 is 25.2 Å². The zero-order valence-corrected chi connectivity index (χ0v) is 22.9. The molecule has 7 nitrogen and oxygen atoms in total. The Morgan fingerprint density at radius 2 is 1.81 bits per heavy atom. The van der Waals surface area contributed by atoms with E-state index in [0.717, 1.165) is 56.9 Å². The maximum absolute atomic E-state index is 13.5. The lowest BCUT2D eigenvalue weighted by Crippen LogP contribution is -2.48. The Labute approximate surface area is 223 Å². The molecule has 0 aromatic heterocycles. The largest absolute Gasteiger partial charge is 0.465 e. The minimum atomic E-state index is -0.973. The first-order valence-electron chi connectivity index (χ1n) is 14.3. The van der Waals surface area contributed by atoms with Crippen molar-refractivity contribution in [2.75, 3.05) is 27.3 Å². The lowest BCUT2D eigenvalue weighted by Gasteiger charge is -2.41. The van der Waals surface area contributed by atoms with Crippen LogP contribution in [-0.2, 0) is 15.1 Å². The van der Waals surface area contributed by atoms with Crippen LogP contribution in [0.15, 0.2) is 30.3 Å². The summed E-state index contributed by atoms with van der Waals surface area (Å²) in [5.74, 6) is 0.382. The second-order valence-corrected chi connectivity index (χ2v) is 11.4. The van der Waals surface area contributed by atoms with Gasteiger partial charge in [0.15, 0.2) is 0 Å². The molecule has 0 saturated heterocycles. The summed E-state index contributed by atoms with van der Waals surface area (Å²) in [7, 11) is 3.27. The van der Waals surface area contributed by atoms with Gasteiger partial charge in [-0.1, -0.05) is 68.9 Å². The van der Waals surface area contributed by atoms with E-state index in [-0.39, 0.29) is 23.8 Å². The van der Waals surface area contributed by atoms with Crippen LogP contribution in [0.25, 0.3) is 0 Å². The van der Waals surface area contributed by atoms with Crippen LogP contribution in [0.1, 0.15) is 89.0 Å². The Bertz CT molecular complexity index is 829. The molecule has 0 radical (unpaired) electrons. The number of rotatable bonds is 13. The zero-order chi connectivity index (χ0) is 26.7. The van der Waals surface area contributed by atoms with Crippen molar-refractivity contribution in [3.05, 3.63) is 35.9 Å². The number of amides is 2. The highest BCUT2D eigenvalue weighted by atomic mass is 16.5. The Hall–Kier alpha value is -2.12. The number of methoxy groups -OCH3 is 1. The van der Waals surface area contributed by atoms with Crippen LogP contribution in [0.2, 0.25) is 0 Å². The van der Waals surface area contributed by atoms with Gasteiger partial charge in [-0.3, -0.25) is 4.79 Å². The van der Waals surface area contributed by atoms with Gasteiger partial charge in [0.05, 0.1) is 5.60 Å². The molecule has 0 spiro atoms. The third kappa shape index (κ3) is 8.71. The quantitative estimate of drug-likeness (QED) is 0.298. The molecule has 3 rings (SSSR count). The highest BCUT2D eigenvalue weighted by Gasteiger charge is 2.42. The predicted molar refractivity (Wildman–Crippen MR) is 145 cm³/mol. The molecule has 1 aromatic rings. The number of carbonyl (C=O) groups excluding carboxylic acids is 1. The fourth-order valence-corrected chi connectivity index (χ4v) is 6.55. The SMILES string of the molecule is COCCCCC(O)(c1ccccc1)C1CCCC(C(=O)NC(CC2CCCCC2)CN(C)C(=O)O)C1. The Morgan fingerprint density at radius 3 is 2.49 bits per heavy atom. The molecular formula is C30H48N2O5. The molecule has 2 aliphatic rings. The number of unbranched alkanes of at least 4 members (excludes halogenated alkanes) is 1. The Balaban J connectivity index is 1.69. The second kappa shape index (κ2) is 14.7. The fourth-order valence-electron chi connectivity index (χ4n) is 6.55. The summed E-state index contributed by atoms with van der Waals surface area (Å²) in [6, 6.07) is 9.73. The van der Waals surface area contributed by atoms with Crippen LogP contribution in [0, 0.1) is 17.8 Å². The molecular weight excluding hydrogens is 468 g/mol. The van der Waals surface area contributed by atoms with Gasteiger partial charge in [0.1, 0.15) is 0 Å². The molecule has 1 aromatic carbocycles. The van der Waals surface area contributed by atoms with Crippen LogP contribution >= 0.6 is 0 Å². The van der Waals surface area contributed by atoms with Gasteiger partial charge in [0, 0.05) is 39.3 Å². The number of carbonyl (C=O) groups is 2. The average Bonchev–Trinajstić information content (AvgIpc) is 2.92. The van der Waals surface area contributed by atoms with Crippen molar-refractivity contribution in [2.45, 2.75) is 95.1 Å². The second-order valence-electron chi connectivity index (χ2n) is 11.4. The third-order valence-corrected chi connectivity index (χ3v) is 8.66. The molecule has 2 amide bonds. The Kier molecular flexibility index (Phi) is 11.7. The summed E-state index contributed by atoms with van der Waals surface area (Å²) in [4.78, 5) is 26.3. The zero-order valence-electron chi connectivity index (χ0n) is 22.9. The van der Waals surface area contributed by atoms with Gasteiger partial charge in [-0.15, -0.1) is 0 Å². The van der Waals surface area contributed by atoms with Gasteiger partial charge in [-0.2, -0.15) is 0 Å². The summed E-state index contributed by atoms with van der Waals surface area (Å²) in [6.45, 7) is 0.981. The molecule has 4 unspecified atom stereocenters. The smallest absolute Gasteiger partial charge is 0.407 e. The number of likely N-dealkylation sites (N-methyl/N-ethyl adjacent to an activating group) is 1. The van der Waals surface area contributed by atoms with E-state index < -0.39 is 11.7 Å². The van der Waals surface area contributed by atoms with Crippen molar-refractivity contribution in [2.24, 2.45) is 17.8 Å². The van der Waals surface area contributed by atoms with Gasteiger partial charge in [0.2, 0.25) is 5.91 Å². The highest BCUT2D eigenvalue weighted by Crippen LogP contribution is 2.44. The minimum absolute atomic E-state index is 0.000401. The molecule has 3 N–H and O–H groups in total. The topological polar surface area (TPSA) is 99.1 Å². The number of nitrogens with zero attached hydrogens (tertiary/aromatic N) is 1. The third-order valence-electron chi connectivity index (χ3n) is 8.66. The van der Waals surface area contributed by atoms with Gasteiger partial charge in [-0.05, 0) is 62.3 Å². The van der Waals surface area contributed by atoms with Crippen molar-refractivity contribution in [1.82, 2.24) is 10.2 Å². The molecule has 37 heavy (non-hydrogen) atoms. The standard InChI is InChI=1S/C30H48N2O5/c1-32(29(34)35)22-27(20-23-12-5-3-6-13-23)31-28(33)24-14-11-17-26(21-24)30(36,18-9-10-19-37-2)25-15-7-4-8-16-25/h4,7-8,15-16,23-24,26-27,36H,3,5-6,9-14,17-22H2,1-2H3,(H,31,33)(H,34,35). The van der Waals surface area contributed by atoms with Gasteiger partial charge >= 0.3 is 6.09 Å². The van der Waals surface area contributed by atoms with Crippen molar-refractivity contribution in [3.63, 3.8) is 0 Å². The number of ether oxygens (including phenoxy) is 1. The summed E-state index contributed by atoms with van der Waals surface area (Å²) in [5, 5.41) is 24.7. The lowest BCUT2D eigenvalue weighted by molar-refractivity contribution is -0.129. The van der Waals surface area contributed by atoms with Gasteiger partial charge in [0.25, 0.3) is 0 Å². The van der Waals surface area contributed by atoms with Crippen LogP contribution < -0.4 is 5.32 Å². The average molecular weight is 517 g/mol. The molecule has 2 aliphatic carbocycles. The molecule has 0 heterocycles. The van der Waals surface area contributed by atoms with E-state index in [2.05, 4.69) is 5.32 Å². The predicted octanol–water partition coefficient (Wildman–Crippen LogP) is 5.56. The first-order chi connectivity index (χ1) is 17.8. The summed E-state index contributed by atoms with van der Waals surface area (Å²) < 4.78 is 5.21. The molecule has 4 atom stereocenters. The molecule has 0 bridgehead atoms. The van der Waals surface area contributed by atoms with Crippen LogP contribution in [0.3, 0.4) is 0 Å². The van der Waals surface area contributed by atoms with Gasteiger partial charge in [-0.25, -0.2) is 4.79 Å². The first-order valence-corrected chi connectivity index (χ1v) is 14.3. The number of nitrogens with one attached hydrogen (secondary N) is 1. The minimum Gasteiger partial charge on any atom is -0.465 e. The number of benzene rings is 1. The first kappa shape index (κ1) is 29.4. The summed E-state index contributed by atoms with van der Waals surface area (Å²) in [6.07, 6.45) is 11.5. The molecule has 2 fully saturated rings. The van der Waals surface area contributed by atoms with E-state index in [1.807, 2.05) is 30.3 Å². The van der Waals surface area contributed by atoms with Crippen molar-refractivity contribution in [3.8, 4) is 0 Å². The van der Waals surface area contributed by atoms with E-state index in [9.17, 15) is 19.8 Å². The van der Waals surface area contributed by atoms with E-state index in [1.54, 1.807) is 14.2 Å². The molecule has 7 heteroatoms. The summed E-state index contributed by atoms with van der Waals surface area (Å²) >= 11 is 0. The Morgan fingerprint density at radius 1 is 1.08 bits per heavy atom. The number of hydrogen-bond acceptors (Lipinski definition) is 4. The van der Waals surface area contributed by atoms with Crippen molar-refractivity contribution >= 4 is 12.0 Å². The molecule has 0 aliphatic heterocycles. The molecule has 2 saturated carbocycles. The van der Waals surface area contributed by atoms with E-state index in [0.29, 0.717) is 31.9 Å². The lowest BCUT2D eigenvalue weighted by atomic mass is 9.68. The number of hydrogen-bond donors (Lipinski definition) is 3. The fraction of sp³-hybridized carbons (Fsp3) is 0.733. The van der Waals surface area contributed by atoms with Crippen LogP contribution in [0.4, 0.5) is 4.79 Å². The van der Waals surface area contributed by atoms with Crippen molar-refractivity contribution in [1.29, 1.82) is 0 Å². The van der Waals surface area contributed by atoms with Crippen LogP contribution in [0.5, 0.6) is 0 Å². The molecule has 208 valence electrons. The number of carboxylic acid groups (broad SMARTS) is 1. The monoisotopic (exact) mass is 516 g/mol. The summed E-state index contributed by atoms with van der Waals surface area (Å²) in [5.41, 5.74) is -0.0457. The van der Waals surface area contributed by atoms with E-state index >= 15 is 0 Å². The van der Waals surface area contributed by atoms with Crippen LogP contribution in [-0.4, -0.2) is 60.5 Å². The van der Waals surface area contributed by atoms with E-state index in [4.69, 9.17) is 4.74 Å². The maximum atomic E-state index is 13.5. The highest BCUT2D eigenvalue weighted by molar-refractivity contribution is 5.79. The number of aliphatic hydroxyl groups is 1.